The van der Waals surface area contributed by atoms with Crippen molar-refractivity contribution in [3.05, 3.63) is 94.1 Å². The Bertz CT molecular complexity index is 1400. The molecule has 1 unspecified atom stereocenters. The number of aromatic hydroxyl groups is 1. The molecule has 0 aliphatic carbocycles. The molecule has 1 amide bonds. The molecule has 1 aliphatic rings. The zero-order valence-electron chi connectivity index (χ0n) is 20.2. The lowest BCUT2D eigenvalue weighted by Crippen LogP contribution is -2.30. The number of nitrogens with zero attached hydrogens (tertiary/aromatic N) is 1. The number of phenols is 1. The lowest BCUT2D eigenvalue weighted by molar-refractivity contribution is -0.132. The van der Waals surface area contributed by atoms with E-state index in [-0.39, 0.29) is 22.9 Å². The van der Waals surface area contributed by atoms with Crippen LogP contribution in [0.4, 0.5) is 14.5 Å². The summed E-state index contributed by atoms with van der Waals surface area (Å²) in [5.74, 6) is -3.83. The Morgan fingerprint density at radius 3 is 2.28 bits per heavy atom. The highest BCUT2D eigenvalue weighted by molar-refractivity contribution is 6.51. The summed E-state index contributed by atoms with van der Waals surface area (Å²) in [6.45, 7) is 5.63. The van der Waals surface area contributed by atoms with Crippen molar-refractivity contribution in [2.45, 2.75) is 32.7 Å². The second-order valence-corrected chi connectivity index (χ2v) is 8.92. The van der Waals surface area contributed by atoms with Gasteiger partial charge in [0.1, 0.15) is 28.9 Å². The normalized spacial score (nSPS) is 17.2. The highest BCUT2D eigenvalue weighted by Gasteiger charge is 2.48. The fraction of sp³-hybridized carbons (Fsp3) is 0.214. The van der Waals surface area contributed by atoms with E-state index in [0.29, 0.717) is 28.5 Å². The van der Waals surface area contributed by atoms with E-state index in [2.05, 4.69) is 0 Å². The molecule has 1 atom stereocenters. The van der Waals surface area contributed by atoms with Crippen molar-refractivity contribution in [1.82, 2.24) is 0 Å². The molecule has 3 aromatic rings. The summed E-state index contributed by atoms with van der Waals surface area (Å²) in [5.41, 5.74) is 1.47. The molecule has 8 heteroatoms. The molecule has 4 rings (SSSR count). The summed E-state index contributed by atoms with van der Waals surface area (Å²) < 4.78 is 33.9. The lowest BCUT2D eigenvalue weighted by atomic mass is 9.91. The molecule has 0 saturated carbocycles. The Labute approximate surface area is 207 Å². The first-order valence-corrected chi connectivity index (χ1v) is 11.3. The van der Waals surface area contributed by atoms with E-state index in [0.717, 1.165) is 22.6 Å². The van der Waals surface area contributed by atoms with Gasteiger partial charge in [-0.05, 0) is 65.9 Å². The third kappa shape index (κ3) is 4.19. The number of carbonyl (C=O) groups is 2. The molecule has 0 aromatic heterocycles. The molecule has 0 spiro atoms. The SMILES string of the molecule is COc1cc(C)c(/C(O)=C2\C(=O)C(=O)N(c3ccc(F)cc3F)C2c2ccc(O)cc2)cc1C(C)C. The number of carbonyl (C=O) groups excluding carboxylic acids is 2. The van der Waals surface area contributed by atoms with Crippen LogP contribution in [0.15, 0.2) is 60.2 Å². The minimum absolute atomic E-state index is 0.0238. The largest absolute Gasteiger partial charge is 0.508 e. The van der Waals surface area contributed by atoms with Gasteiger partial charge in [-0.25, -0.2) is 8.78 Å². The van der Waals surface area contributed by atoms with E-state index in [1.807, 2.05) is 13.8 Å². The van der Waals surface area contributed by atoms with Gasteiger partial charge in [0.25, 0.3) is 11.7 Å². The van der Waals surface area contributed by atoms with Gasteiger partial charge in [-0.3, -0.25) is 14.5 Å². The summed E-state index contributed by atoms with van der Waals surface area (Å²) >= 11 is 0. The minimum atomic E-state index is -1.23. The molecule has 186 valence electrons. The number of anilines is 1. The number of methoxy groups -OCH3 is 1. The molecular formula is C28H25F2NO5. The summed E-state index contributed by atoms with van der Waals surface area (Å²) in [6, 6.07) is 10.5. The molecule has 0 bridgehead atoms. The Morgan fingerprint density at radius 2 is 1.69 bits per heavy atom. The van der Waals surface area contributed by atoms with E-state index in [1.54, 1.807) is 19.1 Å². The molecule has 1 fully saturated rings. The van der Waals surface area contributed by atoms with E-state index in [4.69, 9.17) is 4.74 Å². The third-order valence-electron chi connectivity index (χ3n) is 6.28. The first-order valence-electron chi connectivity index (χ1n) is 11.3. The van der Waals surface area contributed by atoms with Crippen LogP contribution < -0.4 is 9.64 Å². The van der Waals surface area contributed by atoms with Crippen LogP contribution >= 0.6 is 0 Å². The molecule has 6 nitrogen and oxygen atoms in total. The number of aliphatic hydroxyl groups is 1. The van der Waals surface area contributed by atoms with Crippen molar-refractivity contribution in [1.29, 1.82) is 0 Å². The lowest BCUT2D eigenvalue weighted by Gasteiger charge is -2.26. The first kappa shape index (κ1) is 24.9. The molecule has 2 N–H and O–H groups in total. The number of halogens is 2. The summed E-state index contributed by atoms with van der Waals surface area (Å²) in [5, 5.41) is 21.2. The Kier molecular flexibility index (Phi) is 6.54. The zero-order chi connectivity index (χ0) is 26.3. The number of Topliss-reactive ketones (excluding diaryl/α,β-unsaturated/α-hetero) is 1. The van der Waals surface area contributed by atoms with Gasteiger partial charge in [-0.1, -0.05) is 26.0 Å². The van der Waals surface area contributed by atoms with Crippen molar-refractivity contribution in [2.75, 3.05) is 12.0 Å². The van der Waals surface area contributed by atoms with Gasteiger partial charge < -0.3 is 14.9 Å². The third-order valence-corrected chi connectivity index (χ3v) is 6.28. The quantitative estimate of drug-likeness (QED) is 0.269. The van der Waals surface area contributed by atoms with Gasteiger partial charge >= 0.3 is 0 Å². The molecule has 36 heavy (non-hydrogen) atoms. The molecule has 3 aromatic carbocycles. The zero-order valence-corrected chi connectivity index (χ0v) is 20.2. The molecule has 1 aliphatic heterocycles. The number of hydrogen-bond acceptors (Lipinski definition) is 5. The summed E-state index contributed by atoms with van der Waals surface area (Å²) in [7, 11) is 1.54. The van der Waals surface area contributed by atoms with Crippen LogP contribution in [0.2, 0.25) is 0 Å². The summed E-state index contributed by atoms with van der Waals surface area (Å²) in [6.07, 6.45) is 0. The molecule has 1 heterocycles. The van der Waals surface area contributed by atoms with Crippen LogP contribution in [0.3, 0.4) is 0 Å². The number of ether oxygens (including phenoxy) is 1. The van der Waals surface area contributed by atoms with Gasteiger partial charge in [0.2, 0.25) is 0 Å². The Hall–Kier alpha value is -4.20. The number of phenolic OH excluding ortho intramolecular Hbond substituents is 1. The fourth-order valence-electron chi connectivity index (χ4n) is 4.46. The van der Waals surface area contributed by atoms with Crippen LogP contribution in [-0.4, -0.2) is 29.0 Å². The second-order valence-electron chi connectivity index (χ2n) is 8.92. The van der Waals surface area contributed by atoms with E-state index >= 15 is 0 Å². The van der Waals surface area contributed by atoms with Gasteiger partial charge in [0, 0.05) is 11.6 Å². The fourth-order valence-corrected chi connectivity index (χ4v) is 4.46. The van der Waals surface area contributed by atoms with Crippen molar-refractivity contribution < 1.29 is 33.3 Å². The van der Waals surface area contributed by atoms with Gasteiger partial charge in [0.15, 0.2) is 0 Å². The van der Waals surface area contributed by atoms with Crippen LogP contribution in [0, 0.1) is 18.6 Å². The van der Waals surface area contributed by atoms with Crippen LogP contribution in [0.5, 0.6) is 11.5 Å². The highest BCUT2D eigenvalue weighted by Crippen LogP contribution is 2.44. The topological polar surface area (TPSA) is 87.1 Å². The van der Waals surface area contributed by atoms with Gasteiger partial charge in [-0.15, -0.1) is 0 Å². The monoisotopic (exact) mass is 493 g/mol. The van der Waals surface area contributed by atoms with Crippen LogP contribution in [0.25, 0.3) is 5.76 Å². The smallest absolute Gasteiger partial charge is 0.300 e. The second kappa shape index (κ2) is 9.45. The van der Waals surface area contributed by atoms with Crippen molar-refractivity contribution >= 4 is 23.1 Å². The van der Waals surface area contributed by atoms with Crippen molar-refractivity contribution in [3.63, 3.8) is 0 Å². The molecule has 0 radical (unpaired) electrons. The maximum atomic E-state index is 14.8. The van der Waals surface area contributed by atoms with Crippen LogP contribution in [0.1, 0.15) is 48.1 Å². The minimum Gasteiger partial charge on any atom is -0.508 e. The first-order chi connectivity index (χ1) is 17.0. The van der Waals surface area contributed by atoms with E-state index < -0.39 is 35.1 Å². The predicted molar refractivity (Wildman–Crippen MR) is 131 cm³/mol. The number of aryl methyl sites for hydroxylation is 1. The number of benzene rings is 3. The van der Waals surface area contributed by atoms with Crippen molar-refractivity contribution in [3.8, 4) is 11.5 Å². The van der Waals surface area contributed by atoms with Gasteiger partial charge in [0.05, 0.1) is 24.4 Å². The Balaban J connectivity index is 2.00. The van der Waals surface area contributed by atoms with Crippen LogP contribution in [-0.2, 0) is 9.59 Å². The van der Waals surface area contributed by atoms with Crippen molar-refractivity contribution in [2.24, 2.45) is 0 Å². The van der Waals surface area contributed by atoms with Gasteiger partial charge in [-0.2, -0.15) is 0 Å². The average Bonchev–Trinajstić information content (AvgIpc) is 3.09. The molecule has 1 saturated heterocycles. The maximum absolute atomic E-state index is 14.8. The number of amides is 1. The van der Waals surface area contributed by atoms with E-state index in [9.17, 15) is 28.6 Å². The predicted octanol–water partition coefficient (Wildman–Crippen LogP) is 5.74. The number of ketones is 1. The number of aliphatic hydroxyl groups excluding tert-OH is 1. The average molecular weight is 494 g/mol. The Morgan fingerprint density at radius 1 is 1.03 bits per heavy atom. The maximum Gasteiger partial charge on any atom is 0.300 e. The van der Waals surface area contributed by atoms with E-state index in [1.165, 1.54) is 31.4 Å². The standard InChI is InChI=1S/C28H25F2NO5/c1-14(2)19-13-20(15(3)11-23(19)36-4)26(33)24-25(16-5-8-18(32)9-6-16)31(28(35)27(24)34)22-10-7-17(29)12-21(22)30/h5-14,25,32-33H,1-4H3/b26-24+. The highest BCUT2D eigenvalue weighted by atomic mass is 19.1. The molecular weight excluding hydrogens is 468 g/mol. The number of hydrogen-bond donors (Lipinski definition) is 2. The number of rotatable bonds is 5. The summed E-state index contributed by atoms with van der Waals surface area (Å²) in [4.78, 5) is 27.4.